The zero-order chi connectivity index (χ0) is 17.6. The molecule has 0 saturated carbocycles. The van der Waals surface area contributed by atoms with Crippen LogP contribution in [0.5, 0.6) is 0 Å². The van der Waals surface area contributed by atoms with E-state index in [0.29, 0.717) is 11.5 Å². The van der Waals surface area contributed by atoms with Gasteiger partial charge in [0.05, 0.1) is 6.21 Å². The summed E-state index contributed by atoms with van der Waals surface area (Å²) in [5.74, 6) is 1.03. The molecule has 0 saturated heterocycles. The van der Waals surface area contributed by atoms with Crippen LogP contribution in [-0.2, 0) is 0 Å². The second-order valence-corrected chi connectivity index (χ2v) is 5.58. The van der Waals surface area contributed by atoms with Crippen LogP contribution in [0.3, 0.4) is 0 Å². The number of hydrogen-bond donors (Lipinski definition) is 2. The molecule has 0 fully saturated rings. The highest BCUT2D eigenvalue weighted by Crippen LogP contribution is 2.20. The first-order valence-electron chi connectivity index (χ1n) is 7.81. The van der Waals surface area contributed by atoms with Gasteiger partial charge in [-0.05, 0) is 37.1 Å². The lowest BCUT2D eigenvalue weighted by Gasteiger charge is -1.96. The Balaban J connectivity index is 1.61. The van der Waals surface area contributed by atoms with Crippen LogP contribution in [0.2, 0.25) is 0 Å². The molecular weight excluding hydrogens is 316 g/mol. The number of aromatic nitrogens is 2. The summed E-state index contributed by atoms with van der Waals surface area (Å²) < 4.78 is 5.49. The predicted octanol–water partition coefficient (Wildman–Crippen LogP) is 3.80. The zero-order valence-corrected chi connectivity index (χ0v) is 14.0. The van der Waals surface area contributed by atoms with E-state index in [1.54, 1.807) is 12.3 Å². The van der Waals surface area contributed by atoms with E-state index in [9.17, 15) is 4.79 Å². The van der Waals surface area contributed by atoms with Crippen molar-refractivity contribution in [2.75, 3.05) is 0 Å². The van der Waals surface area contributed by atoms with Gasteiger partial charge in [-0.1, -0.05) is 36.4 Å². The summed E-state index contributed by atoms with van der Waals surface area (Å²) in [7, 11) is 0. The third kappa shape index (κ3) is 4.32. The Bertz CT molecular complexity index is 920. The first kappa shape index (κ1) is 16.4. The van der Waals surface area contributed by atoms with Crippen molar-refractivity contribution in [3.8, 4) is 11.5 Å². The molecule has 1 amide bonds. The van der Waals surface area contributed by atoms with Crippen LogP contribution in [0.4, 0.5) is 0 Å². The summed E-state index contributed by atoms with van der Waals surface area (Å²) in [5.41, 5.74) is 5.33. The number of hydrogen-bond acceptors (Lipinski definition) is 4. The van der Waals surface area contributed by atoms with Crippen molar-refractivity contribution in [3.63, 3.8) is 0 Å². The minimum atomic E-state index is -0.394. The Morgan fingerprint density at radius 2 is 2.04 bits per heavy atom. The number of carbonyl (C=O) groups excluding carboxylic acids is 1. The lowest BCUT2D eigenvalue weighted by molar-refractivity contribution is 0.0950. The molecule has 0 aliphatic rings. The number of carbonyl (C=O) groups is 1. The quantitative estimate of drug-likeness (QED) is 0.550. The molecule has 2 aromatic heterocycles. The summed E-state index contributed by atoms with van der Waals surface area (Å²) in [6.45, 7) is 3.77. The summed E-state index contributed by atoms with van der Waals surface area (Å²) in [6, 6.07) is 15.2. The number of hydrazone groups is 1. The van der Waals surface area contributed by atoms with Crippen molar-refractivity contribution in [1.82, 2.24) is 15.6 Å². The van der Waals surface area contributed by atoms with Gasteiger partial charge >= 0.3 is 0 Å². The van der Waals surface area contributed by atoms with Crippen LogP contribution in [0, 0.1) is 6.92 Å². The molecule has 126 valence electrons. The van der Waals surface area contributed by atoms with E-state index in [0.717, 1.165) is 16.9 Å². The van der Waals surface area contributed by atoms with Crippen molar-refractivity contribution in [2.24, 2.45) is 5.10 Å². The molecular formula is C19H18N4O2. The molecule has 2 N–H and O–H groups in total. The molecule has 0 spiro atoms. The number of aromatic amines is 1. The lowest BCUT2D eigenvalue weighted by atomic mass is 10.1. The standard InChI is InChI=1S/C19H18N4O2/c1-13(10-15-6-4-3-5-7-15)12-20-23-19(24)17-11-16(21-22-17)18-9-8-14(2)25-18/h3-12H,1-2H3,(H,21,22)(H,23,24)/b13-10+,20-12?. The first-order chi connectivity index (χ1) is 12.1. The number of aryl methyl sites for hydroxylation is 1. The molecule has 6 heteroatoms. The van der Waals surface area contributed by atoms with E-state index in [1.807, 2.05) is 62.4 Å². The van der Waals surface area contributed by atoms with Crippen LogP contribution in [-0.4, -0.2) is 22.3 Å². The molecule has 0 aliphatic heterocycles. The molecule has 0 atom stereocenters. The van der Waals surface area contributed by atoms with Gasteiger partial charge < -0.3 is 4.42 Å². The maximum absolute atomic E-state index is 12.1. The first-order valence-corrected chi connectivity index (χ1v) is 7.81. The SMILES string of the molecule is C/C(C=NNC(=O)c1cc(-c2ccc(C)o2)[nH]n1)=C\c1ccccc1. The summed E-state index contributed by atoms with van der Waals surface area (Å²) in [5, 5.41) is 10.7. The summed E-state index contributed by atoms with van der Waals surface area (Å²) >= 11 is 0. The van der Waals surface area contributed by atoms with Crippen LogP contribution >= 0.6 is 0 Å². The largest absolute Gasteiger partial charge is 0.460 e. The Morgan fingerprint density at radius 1 is 1.24 bits per heavy atom. The van der Waals surface area contributed by atoms with Gasteiger partial charge in [-0.2, -0.15) is 10.2 Å². The van der Waals surface area contributed by atoms with E-state index < -0.39 is 5.91 Å². The fourth-order valence-electron chi connectivity index (χ4n) is 2.24. The Hall–Kier alpha value is -3.41. The highest BCUT2D eigenvalue weighted by molar-refractivity contribution is 5.94. The molecule has 3 rings (SSSR count). The molecule has 1 aromatic carbocycles. The Morgan fingerprint density at radius 3 is 2.76 bits per heavy atom. The number of rotatable bonds is 5. The highest BCUT2D eigenvalue weighted by atomic mass is 16.3. The van der Waals surface area contributed by atoms with E-state index in [4.69, 9.17) is 4.42 Å². The molecule has 2 heterocycles. The van der Waals surface area contributed by atoms with E-state index in [-0.39, 0.29) is 5.69 Å². The average molecular weight is 334 g/mol. The van der Waals surface area contributed by atoms with Gasteiger partial charge in [0, 0.05) is 6.07 Å². The zero-order valence-electron chi connectivity index (χ0n) is 14.0. The fraction of sp³-hybridized carbons (Fsp3) is 0.105. The molecule has 0 unspecified atom stereocenters. The van der Waals surface area contributed by atoms with Gasteiger partial charge in [0.15, 0.2) is 11.5 Å². The van der Waals surface area contributed by atoms with Crippen molar-refractivity contribution in [1.29, 1.82) is 0 Å². The number of benzene rings is 1. The van der Waals surface area contributed by atoms with Gasteiger partial charge in [-0.15, -0.1) is 0 Å². The summed E-state index contributed by atoms with van der Waals surface area (Å²) in [4.78, 5) is 12.1. The van der Waals surface area contributed by atoms with Crippen molar-refractivity contribution in [3.05, 3.63) is 71.1 Å². The predicted molar refractivity (Wildman–Crippen MR) is 97.1 cm³/mol. The molecule has 6 nitrogen and oxygen atoms in total. The van der Waals surface area contributed by atoms with Crippen molar-refractivity contribution in [2.45, 2.75) is 13.8 Å². The number of nitrogens with zero attached hydrogens (tertiary/aromatic N) is 2. The number of H-pyrrole nitrogens is 1. The molecule has 0 bridgehead atoms. The monoisotopic (exact) mass is 334 g/mol. The number of nitrogens with one attached hydrogen (secondary N) is 2. The number of furan rings is 1. The van der Waals surface area contributed by atoms with Crippen LogP contribution in [0.15, 0.2) is 63.6 Å². The molecule has 25 heavy (non-hydrogen) atoms. The number of amides is 1. The highest BCUT2D eigenvalue weighted by Gasteiger charge is 2.12. The molecule has 3 aromatic rings. The van der Waals surface area contributed by atoms with Gasteiger partial charge in [0.2, 0.25) is 0 Å². The van der Waals surface area contributed by atoms with Gasteiger partial charge in [-0.3, -0.25) is 9.89 Å². The smallest absolute Gasteiger partial charge is 0.291 e. The van der Waals surface area contributed by atoms with Crippen LogP contribution in [0.25, 0.3) is 17.5 Å². The maximum Gasteiger partial charge on any atom is 0.291 e. The van der Waals surface area contributed by atoms with Gasteiger partial charge in [0.1, 0.15) is 11.5 Å². The van der Waals surface area contributed by atoms with E-state index in [1.165, 1.54) is 0 Å². The third-order valence-corrected chi connectivity index (χ3v) is 3.44. The second kappa shape index (κ2) is 7.44. The molecule has 0 aliphatic carbocycles. The van der Waals surface area contributed by atoms with Gasteiger partial charge in [0.25, 0.3) is 5.91 Å². The average Bonchev–Trinajstić information content (AvgIpc) is 3.24. The van der Waals surface area contributed by atoms with E-state index in [2.05, 4.69) is 20.7 Å². The second-order valence-electron chi connectivity index (χ2n) is 5.58. The van der Waals surface area contributed by atoms with Crippen molar-refractivity contribution >= 4 is 18.2 Å². The minimum absolute atomic E-state index is 0.242. The van der Waals surface area contributed by atoms with Gasteiger partial charge in [-0.25, -0.2) is 5.43 Å². The lowest BCUT2D eigenvalue weighted by Crippen LogP contribution is -2.17. The Labute approximate surface area is 145 Å². The number of allylic oxidation sites excluding steroid dienone is 1. The molecule has 0 radical (unpaired) electrons. The normalized spacial score (nSPS) is 11.8. The van der Waals surface area contributed by atoms with Crippen molar-refractivity contribution < 1.29 is 9.21 Å². The third-order valence-electron chi connectivity index (χ3n) is 3.44. The minimum Gasteiger partial charge on any atom is -0.460 e. The summed E-state index contributed by atoms with van der Waals surface area (Å²) in [6.07, 6.45) is 3.57. The fourth-order valence-corrected chi connectivity index (χ4v) is 2.24. The topological polar surface area (TPSA) is 83.3 Å². The maximum atomic E-state index is 12.1. The van der Waals surface area contributed by atoms with Crippen LogP contribution in [0.1, 0.15) is 28.7 Å². The van der Waals surface area contributed by atoms with Crippen LogP contribution < -0.4 is 5.43 Å². The van der Waals surface area contributed by atoms with E-state index >= 15 is 0 Å². The Kier molecular flexibility index (Phi) is 4.89.